The molecular formula is C13H14N2O4S. The summed E-state index contributed by atoms with van der Waals surface area (Å²) in [7, 11) is -3.66. The molecule has 1 atom stereocenters. The minimum absolute atomic E-state index is 0.116. The lowest BCUT2D eigenvalue weighted by atomic mass is 9.99. The van der Waals surface area contributed by atoms with E-state index in [0.717, 1.165) is 5.56 Å². The molecule has 7 heteroatoms. The van der Waals surface area contributed by atoms with Gasteiger partial charge >= 0.3 is 5.97 Å². The van der Waals surface area contributed by atoms with Crippen molar-refractivity contribution in [1.82, 2.24) is 4.31 Å². The maximum Gasteiger partial charge on any atom is 0.335 e. The molecule has 6 nitrogen and oxygen atoms in total. The number of aromatic carboxylic acids is 1. The molecule has 0 bridgehead atoms. The number of hydrogen-bond donors (Lipinski definition) is 1. The molecule has 20 heavy (non-hydrogen) atoms. The van der Waals surface area contributed by atoms with Crippen LogP contribution in [-0.2, 0) is 23.0 Å². The van der Waals surface area contributed by atoms with Gasteiger partial charge in [-0.25, -0.2) is 13.2 Å². The summed E-state index contributed by atoms with van der Waals surface area (Å²) in [6.45, 7) is 1.77. The third-order valence-electron chi connectivity index (χ3n) is 3.42. The Balaban J connectivity index is 2.33. The van der Waals surface area contributed by atoms with Crippen LogP contribution in [0.15, 0.2) is 18.2 Å². The Morgan fingerprint density at radius 2 is 2.15 bits per heavy atom. The van der Waals surface area contributed by atoms with Crippen LogP contribution in [0.25, 0.3) is 0 Å². The molecule has 0 fully saturated rings. The zero-order valence-electron chi connectivity index (χ0n) is 10.9. The minimum atomic E-state index is -3.66. The molecule has 106 valence electrons. The van der Waals surface area contributed by atoms with Crippen LogP contribution < -0.4 is 0 Å². The van der Waals surface area contributed by atoms with E-state index < -0.39 is 21.2 Å². The second-order valence-corrected chi connectivity index (χ2v) is 6.94. The Labute approximate surface area is 117 Å². The van der Waals surface area contributed by atoms with E-state index in [4.69, 9.17) is 10.4 Å². The summed E-state index contributed by atoms with van der Waals surface area (Å²) in [4.78, 5) is 10.9. The molecule has 1 N–H and O–H groups in total. The number of carboxylic acids is 1. The van der Waals surface area contributed by atoms with Gasteiger partial charge < -0.3 is 5.11 Å². The summed E-state index contributed by atoms with van der Waals surface area (Å²) in [5.74, 6) is -1.04. The van der Waals surface area contributed by atoms with Gasteiger partial charge in [-0.2, -0.15) is 9.57 Å². The SMILES string of the molecule is CC(C#N)S(=O)(=O)N1CCc2ccc(C(=O)O)cc2C1. The first kappa shape index (κ1) is 14.5. The molecular weight excluding hydrogens is 280 g/mol. The smallest absolute Gasteiger partial charge is 0.335 e. The minimum Gasteiger partial charge on any atom is -0.478 e. The number of carboxylic acid groups (broad SMARTS) is 1. The predicted octanol–water partition coefficient (Wildman–Crippen LogP) is 0.985. The summed E-state index contributed by atoms with van der Waals surface area (Å²) >= 11 is 0. The number of benzene rings is 1. The van der Waals surface area contributed by atoms with Crippen molar-refractivity contribution in [3.63, 3.8) is 0 Å². The number of rotatable bonds is 3. The van der Waals surface area contributed by atoms with E-state index in [1.165, 1.54) is 23.4 Å². The summed E-state index contributed by atoms with van der Waals surface area (Å²) in [5.41, 5.74) is 1.77. The average Bonchev–Trinajstić information content (AvgIpc) is 2.44. The van der Waals surface area contributed by atoms with Crippen LogP contribution in [0.2, 0.25) is 0 Å². The maximum atomic E-state index is 12.1. The van der Waals surface area contributed by atoms with Gasteiger partial charge in [-0.3, -0.25) is 0 Å². The zero-order chi connectivity index (χ0) is 14.9. The second kappa shape index (κ2) is 5.23. The summed E-state index contributed by atoms with van der Waals surface area (Å²) in [6.07, 6.45) is 0.520. The highest BCUT2D eigenvalue weighted by molar-refractivity contribution is 7.89. The lowest BCUT2D eigenvalue weighted by Crippen LogP contribution is -2.40. The van der Waals surface area contributed by atoms with E-state index in [1.54, 1.807) is 12.1 Å². The van der Waals surface area contributed by atoms with Gasteiger partial charge in [0.1, 0.15) is 0 Å². The van der Waals surface area contributed by atoms with Gasteiger partial charge in [-0.05, 0) is 36.6 Å². The lowest BCUT2D eigenvalue weighted by Gasteiger charge is -2.29. The molecule has 1 unspecified atom stereocenters. The van der Waals surface area contributed by atoms with Crippen molar-refractivity contribution in [1.29, 1.82) is 5.26 Å². The molecule has 1 aromatic carbocycles. The topological polar surface area (TPSA) is 98.5 Å². The predicted molar refractivity (Wildman–Crippen MR) is 71.5 cm³/mol. The second-order valence-electron chi connectivity index (χ2n) is 4.69. The van der Waals surface area contributed by atoms with Gasteiger partial charge in [0.05, 0.1) is 11.6 Å². The fourth-order valence-electron chi connectivity index (χ4n) is 2.17. The monoisotopic (exact) mass is 294 g/mol. The van der Waals surface area contributed by atoms with Crippen LogP contribution >= 0.6 is 0 Å². The normalized spacial score (nSPS) is 17.0. The number of hydrogen-bond acceptors (Lipinski definition) is 4. The Morgan fingerprint density at radius 3 is 2.75 bits per heavy atom. The number of nitrogens with zero attached hydrogens (tertiary/aromatic N) is 2. The number of carbonyl (C=O) groups is 1. The van der Waals surface area contributed by atoms with Crippen molar-refractivity contribution in [2.75, 3.05) is 6.54 Å². The third-order valence-corrected chi connectivity index (χ3v) is 5.45. The Hall–Kier alpha value is -1.91. The molecule has 1 aliphatic heterocycles. The standard InChI is InChI=1S/C13H14N2O4S/c1-9(7-14)20(18,19)15-5-4-10-2-3-11(13(16)17)6-12(10)8-15/h2-3,6,9H,4-5,8H2,1H3,(H,16,17). The van der Waals surface area contributed by atoms with Crippen LogP contribution in [0.5, 0.6) is 0 Å². The first-order valence-corrected chi connectivity index (χ1v) is 7.60. The van der Waals surface area contributed by atoms with Gasteiger partial charge in [-0.1, -0.05) is 6.07 Å². The number of fused-ring (bicyclic) bond motifs is 1. The van der Waals surface area contributed by atoms with E-state index in [2.05, 4.69) is 0 Å². The van der Waals surface area contributed by atoms with Gasteiger partial charge in [0.25, 0.3) is 0 Å². The average molecular weight is 294 g/mol. The van der Waals surface area contributed by atoms with Crippen molar-refractivity contribution in [2.24, 2.45) is 0 Å². The van der Waals surface area contributed by atoms with Crippen molar-refractivity contribution in [2.45, 2.75) is 25.1 Å². The molecule has 0 radical (unpaired) electrons. The van der Waals surface area contributed by atoms with E-state index >= 15 is 0 Å². The Morgan fingerprint density at radius 1 is 1.45 bits per heavy atom. The zero-order valence-corrected chi connectivity index (χ0v) is 11.7. The largest absolute Gasteiger partial charge is 0.478 e. The fraction of sp³-hybridized carbons (Fsp3) is 0.385. The third kappa shape index (κ3) is 2.53. The van der Waals surface area contributed by atoms with Crippen molar-refractivity contribution in [3.05, 3.63) is 34.9 Å². The van der Waals surface area contributed by atoms with Gasteiger partial charge in [0.15, 0.2) is 5.25 Å². The molecule has 1 heterocycles. The van der Waals surface area contributed by atoms with Crippen LogP contribution in [-0.4, -0.2) is 35.6 Å². The highest BCUT2D eigenvalue weighted by Crippen LogP contribution is 2.24. The van der Waals surface area contributed by atoms with E-state index in [1.807, 2.05) is 0 Å². The highest BCUT2D eigenvalue weighted by atomic mass is 32.2. The number of sulfonamides is 1. The Bertz CT molecular complexity index is 691. The summed E-state index contributed by atoms with van der Waals surface area (Å²) in [6, 6.07) is 6.46. The number of nitriles is 1. The Kier molecular flexibility index (Phi) is 3.79. The lowest BCUT2D eigenvalue weighted by molar-refractivity contribution is 0.0696. The van der Waals surface area contributed by atoms with Crippen molar-refractivity contribution in [3.8, 4) is 6.07 Å². The van der Waals surface area contributed by atoms with Gasteiger partial charge in [0, 0.05) is 13.1 Å². The van der Waals surface area contributed by atoms with E-state index in [-0.39, 0.29) is 12.1 Å². The maximum absolute atomic E-state index is 12.1. The molecule has 0 saturated heterocycles. The van der Waals surface area contributed by atoms with E-state index in [0.29, 0.717) is 18.5 Å². The molecule has 0 spiro atoms. The summed E-state index contributed by atoms with van der Waals surface area (Å²) < 4.78 is 25.5. The molecule has 0 aliphatic carbocycles. The van der Waals surface area contributed by atoms with Gasteiger partial charge in [0.2, 0.25) is 10.0 Å². The van der Waals surface area contributed by atoms with Crippen molar-refractivity contribution < 1.29 is 18.3 Å². The molecule has 0 amide bonds. The summed E-state index contributed by atoms with van der Waals surface area (Å²) in [5, 5.41) is 16.6. The molecule has 0 saturated carbocycles. The van der Waals surface area contributed by atoms with Crippen LogP contribution in [0.1, 0.15) is 28.4 Å². The van der Waals surface area contributed by atoms with Crippen LogP contribution in [0.3, 0.4) is 0 Å². The van der Waals surface area contributed by atoms with Crippen LogP contribution in [0, 0.1) is 11.3 Å². The molecule has 0 aromatic heterocycles. The molecule has 1 aliphatic rings. The quantitative estimate of drug-likeness (QED) is 0.896. The molecule has 2 rings (SSSR count). The van der Waals surface area contributed by atoms with Crippen molar-refractivity contribution >= 4 is 16.0 Å². The fourth-order valence-corrected chi connectivity index (χ4v) is 3.42. The first-order chi connectivity index (χ1) is 9.36. The van der Waals surface area contributed by atoms with Crippen LogP contribution in [0.4, 0.5) is 0 Å². The van der Waals surface area contributed by atoms with E-state index in [9.17, 15) is 13.2 Å². The van der Waals surface area contributed by atoms with Gasteiger partial charge in [-0.15, -0.1) is 0 Å². The first-order valence-electron chi connectivity index (χ1n) is 6.10. The molecule has 1 aromatic rings. The highest BCUT2D eigenvalue weighted by Gasteiger charge is 2.31.